The molecule has 0 spiro atoms. The molecule has 1 aliphatic rings. The molecular formula is C11H16BrNO. The summed E-state index contributed by atoms with van der Waals surface area (Å²) in [5.41, 5.74) is 1.33. The van der Waals surface area contributed by atoms with E-state index in [0.717, 1.165) is 29.7 Å². The fourth-order valence-electron chi connectivity index (χ4n) is 1.31. The SMILES string of the molecule is Brc1ccc2c(c1)OCCC2.CNC. The number of halogens is 1. The van der Waals surface area contributed by atoms with Gasteiger partial charge >= 0.3 is 0 Å². The predicted octanol–water partition coefficient (Wildman–Crippen LogP) is 2.61. The molecule has 0 amide bonds. The zero-order valence-corrected chi connectivity index (χ0v) is 10.2. The van der Waals surface area contributed by atoms with Gasteiger partial charge < -0.3 is 10.1 Å². The molecule has 0 radical (unpaired) electrons. The van der Waals surface area contributed by atoms with Gasteiger partial charge in [-0.1, -0.05) is 22.0 Å². The van der Waals surface area contributed by atoms with E-state index in [1.807, 2.05) is 20.2 Å². The van der Waals surface area contributed by atoms with Gasteiger partial charge in [0.1, 0.15) is 5.75 Å². The lowest BCUT2D eigenvalue weighted by atomic mass is 10.1. The quantitative estimate of drug-likeness (QED) is 0.772. The van der Waals surface area contributed by atoms with Crippen molar-refractivity contribution in [2.45, 2.75) is 12.8 Å². The predicted molar refractivity (Wildman–Crippen MR) is 62.9 cm³/mol. The lowest BCUT2D eigenvalue weighted by molar-refractivity contribution is 0.288. The van der Waals surface area contributed by atoms with Crippen LogP contribution in [-0.4, -0.2) is 20.7 Å². The normalized spacial score (nSPS) is 13.4. The number of aryl methyl sites for hydroxylation is 1. The van der Waals surface area contributed by atoms with Crippen molar-refractivity contribution in [2.75, 3.05) is 20.7 Å². The van der Waals surface area contributed by atoms with Gasteiger partial charge in [-0.25, -0.2) is 0 Å². The van der Waals surface area contributed by atoms with Gasteiger partial charge in [-0.15, -0.1) is 0 Å². The standard InChI is InChI=1S/C9H9BrO.C2H7N/c10-8-4-3-7-2-1-5-11-9(7)6-8;1-3-2/h3-4,6H,1-2,5H2;3H,1-2H3. The third-order valence-corrected chi connectivity index (χ3v) is 2.37. The Kier molecular flexibility index (Phi) is 4.98. The topological polar surface area (TPSA) is 21.3 Å². The molecule has 0 unspecified atom stereocenters. The summed E-state index contributed by atoms with van der Waals surface area (Å²) in [5, 5.41) is 2.75. The Morgan fingerprint density at radius 3 is 2.79 bits per heavy atom. The van der Waals surface area contributed by atoms with E-state index in [4.69, 9.17) is 4.74 Å². The minimum absolute atomic E-state index is 0.865. The van der Waals surface area contributed by atoms with E-state index in [9.17, 15) is 0 Å². The molecule has 0 saturated heterocycles. The Morgan fingerprint density at radius 2 is 2.07 bits per heavy atom. The lowest BCUT2D eigenvalue weighted by Gasteiger charge is -2.16. The summed E-state index contributed by atoms with van der Waals surface area (Å²) < 4.78 is 6.57. The van der Waals surface area contributed by atoms with Crippen molar-refractivity contribution in [2.24, 2.45) is 0 Å². The van der Waals surface area contributed by atoms with E-state index in [2.05, 4.69) is 33.4 Å². The van der Waals surface area contributed by atoms with E-state index in [0.29, 0.717) is 0 Å². The summed E-state index contributed by atoms with van der Waals surface area (Å²) in [7, 11) is 3.75. The average Bonchev–Trinajstić information content (AvgIpc) is 2.19. The molecular weight excluding hydrogens is 242 g/mol. The minimum atomic E-state index is 0.865. The number of hydrogen-bond acceptors (Lipinski definition) is 2. The molecule has 1 aromatic carbocycles. The summed E-state index contributed by atoms with van der Waals surface area (Å²) >= 11 is 3.41. The van der Waals surface area contributed by atoms with Crippen molar-refractivity contribution in [3.8, 4) is 5.75 Å². The third kappa shape index (κ3) is 3.31. The van der Waals surface area contributed by atoms with Crippen LogP contribution in [0, 0.1) is 0 Å². The number of benzene rings is 1. The number of nitrogens with one attached hydrogen (secondary N) is 1. The number of ether oxygens (including phenoxy) is 1. The summed E-state index contributed by atoms with van der Waals surface area (Å²) in [6.45, 7) is 0.865. The Labute approximate surface area is 93.8 Å². The Hall–Kier alpha value is -0.540. The van der Waals surface area contributed by atoms with Crippen molar-refractivity contribution in [3.05, 3.63) is 28.2 Å². The van der Waals surface area contributed by atoms with Crippen LogP contribution in [0.25, 0.3) is 0 Å². The molecule has 0 aliphatic carbocycles. The summed E-state index contributed by atoms with van der Waals surface area (Å²) in [5.74, 6) is 1.05. The highest BCUT2D eigenvalue weighted by atomic mass is 79.9. The van der Waals surface area contributed by atoms with Gasteiger partial charge in [0.15, 0.2) is 0 Å². The van der Waals surface area contributed by atoms with Gasteiger partial charge in [0.25, 0.3) is 0 Å². The molecule has 0 atom stereocenters. The third-order valence-electron chi connectivity index (χ3n) is 1.88. The molecule has 1 heterocycles. The number of hydrogen-bond donors (Lipinski definition) is 1. The zero-order chi connectivity index (χ0) is 10.4. The summed E-state index contributed by atoms with van der Waals surface area (Å²) in [6, 6.07) is 6.22. The van der Waals surface area contributed by atoms with Crippen LogP contribution in [0.15, 0.2) is 22.7 Å². The summed E-state index contributed by atoms with van der Waals surface area (Å²) in [4.78, 5) is 0. The van der Waals surface area contributed by atoms with Crippen LogP contribution >= 0.6 is 15.9 Å². The van der Waals surface area contributed by atoms with E-state index in [-0.39, 0.29) is 0 Å². The molecule has 14 heavy (non-hydrogen) atoms. The number of rotatable bonds is 0. The molecule has 1 N–H and O–H groups in total. The van der Waals surface area contributed by atoms with Crippen LogP contribution < -0.4 is 10.1 Å². The smallest absolute Gasteiger partial charge is 0.123 e. The maximum absolute atomic E-state index is 5.47. The molecule has 0 bridgehead atoms. The number of fused-ring (bicyclic) bond motifs is 1. The van der Waals surface area contributed by atoms with Crippen LogP contribution in [-0.2, 0) is 6.42 Å². The molecule has 1 aliphatic heterocycles. The maximum atomic E-state index is 5.47. The Morgan fingerprint density at radius 1 is 1.36 bits per heavy atom. The van der Waals surface area contributed by atoms with E-state index >= 15 is 0 Å². The van der Waals surface area contributed by atoms with E-state index < -0.39 is 0 Å². The van der Waals surface area contributed by atoms with Crippen molar-refractivity contribution in [1.82, 2.24) is 5.32 Å². The van der Waals surface area contributed by atoms with Crippen molar-refractivity contribution < 1.29 is 4.74 Å². The fraction of sp³-hybridized carbons (Fsp3) is 0.455. The highest BCUT2D eigenvalue weighted by Gasteiger charge is 2.08. The van der Waals surface area contributed by atoms with Gasteiger partial charge in [0, 0.05) is 4.47 Å². The van der Waals surface area contributed by atoms with Gasteiger partial charge in [-0.2, -0.15) is 0 Å². The molecule has 3 heteroatoms. The first kappa shape index (κ1) is 11.5. The first-order chi connectivity index (χ1) is 6.77. The Bertz CT molecular complexity index is 289. The average molecular weight is 258 g/mol. The second-order valence-electron chi connectivity index (χ2n) is 3.20. The zero-order valence-electron chi connectivity index (χ0n) is 8.64. The monoisotopic (exact) mass is 257 g/mol. The summed E-state index contributed by atoms with van der Waals surface area (Å²) in [6.07, 6.45) is 2.30. The molecule has 1 aromatic rings. The van der Waals surface area contributed by atoms with Crippen LogP contribution in [0.4, 0.5) is 0 Å². The van der Waals surface area contributed by atoms with E-state index in [1.165, 1.54) is 5.56 Å². The highest BCUT2D eigenvalue weighted by Crippen LogP contribution is 2.27. The highest BCUT2D eigenvalue weighted by molar-refractivity contribution is 9.10. The molecule has 0 fully saturated rings. The van der Waals surface area contributed by atoms with Crippen molar-refractivity contribution >= 4 is 15.9 Å². The second kappa shape index (κ2) is 6.04. The van der Waals surface area contributed by atoms with Gasteiger partial charge in [-0.3, -0.25) is 0 Å². The van der Waals surface area contributed by atoms with Gasteiger partial charge in [0.05, 0.1) is 6.61 Å². The first-order valence-electron chi connectivity index (χ1n) is 4.77. The Balaban J connectivity index is 0.000000293. The molecule has 0 saturated carbocycles. The lowest BCUT2D eigenvalue weighted by Crippen LogP contribution is -2.07. The molecule has 2 rings (SSSR count). The van der Waals surface area contributed by atoms with Crippen molar-refractivity contribution in [3.63, 3.8) is 0 Å². The minimum Gasteiger partial charge on any atom is -0.493 e. The largest absolute Gasteiger partial charge is 0.493 e. The molecule has 0 aromatic heterocycles. The van der Waals surface area contributed by atoms with E-state index in [1.54, 1.807) is 0 Å². The second-order valence-corrected chi connectivity index (χ2v) is 4.12. The first-order valence-corrected chi connectivity index (χ1v) is 5.57. The van der Waals surface area contributed by atoms with Crippen molar-refractivity contribution in [1.29, 1.82) is 0 Å². The van der Waals surface area contributed by atoms with Crippen LogP contribution in [0.2, 0.25) is 0 Å². The van der Waals surface area contributed by atoms with Crippen LogP contribution in [0.5, 0.6) is 5.75 Å². The fourth-order valence-corrected chi connectivity index (χ4v) is 1.65. The maximum Gasteiger partial charge on any atom is 0.123 e. The van der Waals surface area contributed by atoms with Gasteiger partial charge in [0.2, 0.25) is 0 Å². The molecule has 2 nitrogen and oxygen atoms in total. The van der Waals surface area contributed by atoms with Crippen LogP contribution in [0.3, 0.4) is 0 Å². The van der Waals surface area contributed by atoms with Gasteiger partial charge in [-0.05, 0) is 44.6 Å². The molecule has 78 valence electrons. The van der Waals surface area contributed by atoms with Crippen LogP contribution in [0.1, 0.15) is 12.0 Å².